The highest BCUT2D eigenvalue weighted by Gasteiger charge is 2.33. The van der Waals surface area contributed by atoms with Gasteiger partial charge in [0.15, 0.2) is 0 Å². The maximum absolute atomic E-state index is 12.7. The second kappa shape index (κ2) is 8.23. The molecule has 0 fully saturated rings. The minimum absolute atomic E-state index is 0.00379. The molecule has 3 aromatic rings. The molecular weight excluding hydrogens is 416 g/mol. The Bertz CT molecular complexity index is 1030. The highest BCUT2D eigenvalue weighted by molar-refractivity contribution is 5.76. The maximum atomic E-state index is 12.7. The van der Waals surface area contributed by atoms with Gasteiger partial charge in [-0.1, -0.05) is 30.3 Å². The highest BCUT2D eigenvalue weighted by atomic mass is 19.4. The molecule has 3 rings (SSSR count). The van der Waals surface area contributed by atoms with Gasteiger partial charge in [0, 0.05) is 22.9 Å². The first-order valence-corrected chi connectivity index (χ1v) is 8.37. The van der Waals surface area contributed by atoms with Gasteiger partial charge in [0.1, 0.15) is 11.5 Å². The number of hydrogen-bond donors (Lipinski definition) is 1. The number of rotatable bonds is 5. The molecule has 30 heavy (non-hydrogen) atoms. The van der Waals surface area contributed by atoms with Crippen LogP contribution in [0.5, 0.6) is 11.5 Å². The average Bonchev–Trinajstić information content (AvgIpc) is 2.66. The number of aromatic nitrogens is 1. The highest BCUT2D eigenvalue weighted by Crippen LogP contribution is 2.38. The van der Waals surface area contributed by atoms with Gasteiger partial charge in [-0.15, -0.1) is 26.3 Å². The van der Waals surface area contributed by atoms with E-state index in [4.69, 9.17) is 0 Å². The van der Waals surface area contributed by atoms with E-state index in [0.29, 0.717) is 0 Å². The van der Waals surface area contributed by atoms with Crippen molar-refractivity contribution in [3.05, 3.63) is 66.4 Å². The van der Waals surface area contributed by atoms with E-state index >= 15 is 0 Å². The Kier molecular flexibility index (Phi) is 5.88. The molecule has 1 N–H and O–H groups in total. The van der Waals surface area contributed by atoms with Gasteiger partial charge in [0.25, 0.3) is 0 Å². The molecule has 0 atom stereocenters. The summed E-state index contributed by atoms with van der Waals surface area (Å²) in [7, 11) is 0. The van der Waals surface area contributed by atoms with Crippen molar-refractivity contribution in [1.82, 2.24) is 4.98 Å². The number of para-hydroxylation sites is 2. The Morgan fingerprint density at radius 1 is 0.733 bits per heavy atom. The normalized spacial score (nSPS) is 12.0. The van der Waals surface area contributed by atoms with E-state index < -0.39 is 30.8 Å². The molecule has 0 aliphatic carbocycles. The third-order valence-corrected chi connectivity index (χ3v) is 3.95. The van der Waals surface area contributed by atoms with E-state index in [1.54, 1.807) is 0 Å². The molecule has 0 aliphatic heterocycles. The third-order valence-electron chi connectivity index (χ3n) is 3.95. The van der Waals surface area contributed by atoms with Crippen LogP contribution in [0.15, 0.2) is 60.8 Å². The predicted molar refractivity (Wildman–Crippen MR) is 94.4 cm³/mol. The summed E-state index contributed by atoms with van der Waals surface area (Å²) in [5.74, 6) is -1.01. The second-order valence-electron chi connectivity index (χ2n) is 5.97. The summed E-state index contributed by atoms with van der Waals surface area (Å²) in [5.41, 5.74) is 0.320. The molecule has 0 unspecified atom stereocenters. The van der Waals surface area contributed by atoms with Crippen LogP contribution in [0, 0.1) is 0 Å². The molecule has 4 nitrogen and oxygen atoms in total. The molecule has 2 aromatic carbocycles. The van der Waals surface area contributed by atoms with Crippen molar-refractivity contribution in [2.75, 3.05) is 0 Å². The molecule has 0 spiro atoms. The molecule has 0 saturated heterocycles. The number of alkyl halides is 6. The summed E-state index contributed by atoms with van der Waals surface area (Å²) in [6.07, 6.45) is -8.70. The Hall–Kier alpha value is -3.27. The zero-order chi connectivity index (χ0) is 21.9. The van der Waals surface area contributed by atoms with E-state index in [-0.39, 0.29) is 27.9 Å². The van der Waals surface area contributed by atoms with Crippen LogP contribution in [-0.4, -0.2) is 22.8 Å². The van der Waals surface area contributed by atoms with Crippen LogP contribution in [0.25, 0.3) is 22.4 Å². The van der Waals surface area contributed by atoms with E-state index in [2.05, 4.69) is 14.5 Å². The van der Waals surface area contributed by atoms with Crippen molar-refractivity contribution in [2.45, 2.75) is 19.3 Å². The van der Waals surface area contributed by atoms with E-state index in [1.807, 2.05) is 0 Å². The summed E-state index contributed by atoms with van der Waals surface area (Å²) < 4.78 is 84.1. The molecule has 1 aromatic heterocycles. The lowest BCUT2D eigenvalue weighted by Crippen LogP contribution is -2.18. The zero-order valence-electron chi connectivity index (χ0n) is 15.0. The molecule has 1 heterocycles. The molecule has 158 valence electrons. The van der Waals surface area contributed by atoms with Crippen LogP contribution in [-0.2, 0) is 6.61 Å². The van der Waals surface area contributed by atoms with Gasteiger partial charge >= 0.3 is 12.7 Å². The van der Waals surface area contributed by atoms with Crippen LogP contribution in [0.3, 0.4) is 0 Å². The van der Waals surface area contributed by atoms with Crippen molar-refractivity contribution < 1.29 is 40.9 Å². The lowest BCUT2D eigenvalue weighted by molar-refractivity contribution is -0.275. The largest absolute Gasteiger partial charge is 0.573 e. The molecule has 0 aliphatic rings. The minimum Gasteiger partial charge on any atom is -0.405 e. The lowest BCUT2D eigenvalue weighted by atomic mass is 9.99. The van der Waals surface area contributed by atoms with Crippen LogP contribution in [0.4, 0.5) is 26.3 Å². The van der Waals surface area contributed by atoms with Crippen molar-refractivity contribution in [2.24, 2.45) is 0 Å². The number of aliphatic hydroxyl groups excluding tert-OH is 1. The van der Waals surface area contributed by atoms with Crippen LogP contribution in [0.1, 0.15) is 5.56 Å². The Morgan fingerprint density at radius 3 is 1.77 bits per heavy atom. The number of pyridine rings is 1. The Morgan fingerprint density at radius 2 is 1.23 bits per heavy atom. The smallest absolute Gasteiger partial charge is 0.405 e. The van der Waals surface area contributed by atoms with Crippen LogP contribution in [0.2, 0.25) is 0 Å². The number of nitrogens with zero attached hydrogens (tertiary/aromatic N) is 1. The van der Waals surface area contributed by atoms with Crippen LogP contribution >= 0.6 is 0 Å². The SMILES string of the molecule is OCc1cc(-c2ccccc2OC(F)(F)F)ncc1-c1ccccc1OC(F)(F)F. The zero-order valence-corrected chi connectivity index (χ0v) is 15.0. The van der Waals surface area contributed by atoms with Crippen molar-refractivity contribution >= 4 is 0 Å². The summed E-state index contributed by atoms with van der Waals surface area (Å²) in [6, 6.07) is 11.8. The van der Waals surface area contributed by atoms with Gasteiger partial charge in [-0.3, -0.25) is 4.98 Å². The van der Waals surface area contributed by atoms with Gasteiger partial charge < -0.3 is 14.6 Å². The van der Waals surface area contributed by atoms with E-state index in [0.717, 1.165) is 18.3 Å². The number of hydrogen-bond acceptors (Lipinski definition) is 4. The minimum atomic E-state index is -4.93. The van der Waals surface area contributed by atoms with Crippen LogP contribution < -0.4 is 9.47 Å². The fourth-order valence-corrected chi connectivity index (χ4v) is 2.81. The quantitative estimate of drug-likeness (QED) is 0.529. The number of aliphatic hydroxyl groups is 1. The van der Waals surface area contributed by atoms with Gasteiger partial charge in [0.05, 0.1) is 12.3 Å². The molecule has 0 radical (unpaired) electrons. The van der Waals surface area contributed by atoms with Gasteiger partial charge in [0.2, 0.25) is 0 Å². The third kappa shape index (κ3) is 5.20. The summed E-state index contributed by atoms with van der Waals surface area (Å²) in [5, 5.41) is 9.73. The predicted octanol–water partition coefficient (Wildman–Crippen LogP) is 5.71. The fraction of sp³-hybridized carbons (Fsp3) is 0.150. The average molecular weight is 429 g/mol. The molecule has 0 saturated carbocycles. The molecular formula is C20H13F6NO3. The van der Waals surface area contributed by atoms with Gasteiger partial charge in [-0.25, -0.2) is 0 Å². The second-order valence-corrected chi connectivity index (χ2v) is 5.97. The fourth-order valence-electron chi connectivity index (χ4n) is 2.81. The first-order chi connectivity index (χ1) is 14.1. The molecule has 10 heteroatoms. The summed E-state index contributed by atoms with van der Waals surface area (Å²) >= 11 is 0. The summed E-state index contributed by atoms with van der Waals surface area (Å²) in [6.45, 7) is -0.604. The van der Waals surface area contributed by atoms with Crippen molar-refractivity contribution in [3.63, 3.8) is 0 Å². The summed E-state index contributed by atoms with van der Waals surface area (Å²) in [4.78, 5) is 4.07. The first kappa shape index (κ1) is 21.4. The van der Waals surface area contributed by atoms with Crippen molar-refractivity contribution in [1.29, 1.82) is 0 Å². The monoisotopic (exact) mass is 429 g/mol. The van der Waals surface area contributed by atoms with Crippen molar-refractivity contribution in [3.8, 4) is 33.9 Å². The standard InChI is InChI=1S/C20H13F6NO3/c21-19(22,23)29-17-7-3-1-5-13(17)15-10-27-16(9-12(15)11-28)14-6-2-4-8-18(14)30-20(24,25)26/h1-10,28H,11H2. The molecule has 0 amide bonds. The Labute approximate surface area is 166 Å². The van der Waals surface area contributed by atoms with E-state index in [9.17, 15) is 31.4 Å². The topological polar surface area (TPSA) is 51.6 Å². The van der Waals surface area contributed by atoms with Gasteiger partial charge in [-0.05, 0) is 29.8 Å². The molecule has 0 bridgehead atoms. The van der Waals surface area contributed by atoms with Gasteiger partial charge in [-0.2, -0.15) is 0 Å². The maximum Gasteiger partial charge on any atom is 0.573 e. The lowest BCUT2D eigenvalue weighted by Gasteiger charge is -2.16. The van der Waals surface area contributed by atoms with E-state index in [1.165, 1.54) is 42.5 Å². The number of benzene rings is 2. The first-order valence-electron chi connectivity index (χ1n) is 8.37. The number of halogens is 6. The number of ether oxygens (including phenoxy) is 2. The Balaban J connectivity index is 2.07.